The second kappa shape index (κ2) is 7.32. The molecule has 3 heterocycles. The molecule has 1 unspecified atom stereocenters. The SMILES string of the molecule is O=C(NCC1CCN(Cc2cccs2)CC1)C1CCS(=O)(=O)C1. The lowest BCUT2D eigenvalue weighted by Crippen LogP contribution is -2.40. The fourth-order valence-electron chi connectivity index (χ4n) is 3.36. The summed E-state index contributed by atoms with van der Waals surface area (Å²) >= 11 is 1.80. The van der Waals surface area contributed by atoms with Crippen LogP contribution in [0.5, 0.6) is 0 Å². The van der Waals surface area contributed by atoms with Gasteiger partial charge in [-0.15, -0.1) is 11.3 Å². The van der Waals surface area contributed by atoms with E-state index in [2.05, 4.69) is 27.7 Å². The predicted octanol–water partition coefficient (Wildman–Crippen LogP) is 1.51. The van der Waals surface area contributed by atoms with E-state index < -0.39 is 9.84 Å². The molecule has 0 aliphatic carbocycles. The van der Waals surface area contributed by atoms with E-state index >= 15 is 0 Å². The number of amides is 1. The summed E-state index contributed by atoms with van der Waals surface area (Å²) in [4.78, 5) is 15.9. The lowest BCUT2D eigenvalue weighted by Gasteiger charge is -2.31. The van der Waals surface area contributed by atoms with Gasteiger partial charge in [0.2, 0.25) is 5.91 Å². The number of carbonyl (C=O) groups is 1. The molecule has 1 N–H and O–H groups in total. The maximum absolute atomic E-state index is 12.1. The van der Waals surface area contributed by atoms with Crippen molar-refractivity contribution in [3.63, 3.8) is 0 Å². The molecule has 23 heavy (non-hydrogen) atoms. The van der Waals surface area contributed by atoms with E-state index in [-0.39, 0.29) is 23.3 Å². The Balaban J connectivity index is 1.37. The fraction of sp³-hybridized carbons (Fsp3) is 0.688. The highest BCUT2D eigenvalue weighted by Crippen LogP contribution is 2.21. The van der Waals surface area contributed by atoms with Crippen LogP contribution < -0.4 is 5.32 Å². The van der Waals surface area contributed by atoms with Gasteiger partial charge < -0.3 is 5.32 Å². The van der Waals surface area contributed by atoms with E-state index in [0.29, 0.717) is 18.9 Å². The number of nitrogens with zero attached hydrogens (tertiary/aromatic N) is 1. The topological polar surface area (TPSA) is 66.5 Å². The lowest BCUT2D eigenvalue weighted by molar-refractivity contribution is -0.124. The third kappa shape index (κ3) is 4.78. The monoisotopic (exact) mass is 356 g/mol. The molecule has 0 bridgehead atoms. The van der Waals surface area contributed by atoms with E-state index in [1.807, 2.05) is 0 Å². The Labute approximate surface area is 142 Å². The number of hydrogen-bond donors (Lipinski definition) is 1. The van der Waals surface area contributed by atoms with Crippen LogP contribution in [0.1, 0.15) is 24.1 Å². The zero-order valence-corrected chi connectivity index (χ0v) is 14.9. The Morgan fingerprint density at radius 1 is 1.30 bits per heavy atom. The van der Waals surface area contributed by atoms with E-state index in [1.54, 1.807) is 11.3 Å². The summed E-state index contributed by atoms with van der Waals surface area (Å²) in [6.07, 6.45) is 2.66. The normalized spacial score (nSPS) is 25.5. The van der Waals surface area contributed by atoms with Crippen LogP contribution in [0.2, 0.25) is 0 Å². The molecule has 2 saturated heterocycles. The van der Waals surface area contributed by atoms with Gasteiger partial charge in [-0.2, -0.15) is 0 Å². The van der Waals surface area contributed by atoms with E-state index in [9.17, 15) is 13.2 Å². The standard InChI is InChI=1S/C16H24N2O3S2/c19-16(14-5-9-23(20,21)12-14)17-10-13-3-6-18(7-4-13)11-15-2-1-8-22-15/h1-2,8,13-14H,3-7,9-12H2,(H,17,19). The van der Waals surface area contributed by atoms with Gasteiger partial charge in [0.1, 0.15) is 0 Å². The van der Waals surface area contributed by atoms with E-state index in [1.165, 1.54) is 4.88 Å². The molecule has 2 aliphatic heterocycles. The first-order chi connectivity index (χ1) is 11.0. The van der Waals surface area contributed by atoms with Gasteiger partial charge in [-0.1, -0.05) is 6.07 Å². The van der Waals surface area contributed by atoms with Crippen molar-refractivity contribution in [3.05, 3.63) is 22.4 Å². The molecule has 1 aromatic heterocycles. The quantitative estimate of drug-likeness (QED) is 0.868. The number of hydrogen-bond acceptors (Lipinski definition) is 5. The summed E-state index contributed by atoms with van der Waals surface area (Å²) in [6, 6.07) is 4.26. The Morgan fingerprint density at radius 3 is 2.70 bits per heavy atom. The largest absolute Gasteiger partial charge is 0.356 e. The summed E-state index contributed by atoms with van der Waals surface area (Å²) < 4.78 is 22.9. The molecule has 0 aromatic carbocycles. The van der Waals surface area contributed by atoms with E-state index in [0.717, 1.165) is 32.5 Å². The highest BCUT2D eigenvalue weighted by Gasteiger charge is 2.33. The van der Waals surface area contributed by atoms with Gasteiger partial charge in [-0.3, -0.25) is 9.69 Å². The highest BCUT2D eigenvalue weighted by atomic mass is 32.2. The summed E-state index contributed by atoms with van der Waals surface area (Å²) in [5.74, 6) is 0.284. The van der Waals surface area contributed by atoms with Gasteiger partial charge >= 0.3 is 0 Å². The van der Waals surface area contributed by atoms with Gasteiger partial charge in [0.15, 0.2) is 9.84 Å². The van der Waals surface area contributed by atoms with Crippen molar-refractivity contribution in [1.29, 1.82) is 0 Å². The Morgan fingerprint density at radius 2 is 2.09 bits per heavy atom. The second-order valence-corrected chi connectivity index (χ2v) is 9.90. The zero-order valence-electron chi connectivity index (χ0n) is 13.2. The number of rotatable bonds is 5. The molecule has 0 radical (unpaired) electrons. The molecule has 5 nitrogen and oxygen atoms in total. The van der Waals surface area contributed by atoms with Crippen LogP contribution in [0.15, 0.2) is 17.5 Å². The maximum Gasteiger partial charge on any atom is 0.224 e. The summed E-state index contributed by atoms with van der Waals surface area (Å²) in [5, 5.41) is 5.08. The Bertz CT molecular complexity index is 620. The molecule has 1 aromatic rings. The van der Waals surface area contributed by atoms with Gasteiger partial charge in [-0.05, 0) is 49.7 Å². The second-order valence-electron chi connectivity index (χ2n) is 6.64. The average Bonchev–Trinajstić information content (AvgIpc) is 3.15. The lowest BCUT2D eigenvalue weighted by atomic mass is 9.96. The number of carbonyl (C=O) groups excluding carboxylic acids is 1. The number of piperidine rings is 1. The molecular weight excluding hydrogens is 332 g/mol. The van der Waals surface area contributed by atoms with Gasteiger partial charge in [0, 0.05) is 18.0 Å². The first-order valence-corrected chi connectivity index (χ1v) is 10.9. The predicted molar refractivity (Wildman–Crippen MR) is 92.1 cm³/mol. The van der Waals surface area contributed by atoms with Crippen molar-refractivity contribution < 1.29 is 13.2 Å². The van der Waals surface area contributed by atoms with Crippen molar-refractivity contribution in [1.82, 2.24) is 10.2 Å². The Hall–Kier alpha value is -0.920. The maximum atomic E-state index is 12.1. The third-order valence-electron chi connectivity index (χ3n) is 4.83. The minimum Gasteiger partial charge on any atom is -0.356 e. The molecule has 0 spiro atoms. The van der Waals surface area contributed by atoms with Crippen LogP contribution in [0.25, 0.3) is 0 Å². The average molecular weight is 357 g/mol. The van der Waals surface area contributed by atoms with Gasteiger partial charge in [0.25, 0.3) is 0 Å². The minimum absolute atomic E-state index is 0.0259. The summed E-state index contributed by atoms with van der Waals surface area (Å²) in [6.45, 7) is 3.84. The molecule has 128 valence electrons. The number of thiophene rings is 1. The molecule has 0 saturated carbocycles. The Kier molecular flexibility index (Phi) is 5.38. The molecule has 1 amide bonds. The van der Waals surface area contributed by atoms with Crippen molar-refractivity contribution >= 4 is 27.1 Å². The zero-order chi connectivity index (χ0) is 16.3. The summed E-state index contributed by atoms with van der Waals surface area (Å²) in [7, 11) is -2.98. The van der Waals surface area contributed by atoms with Crippen molar-refractivity contribution in [2.75, 3.05) is 31.1 Å². The van der Waals surface area contributed by atoms with Gasteiger partial charge in [0.05, 0.1) is 17.4 Å². The van der Waals surface area contributed by atoms with Crippen LogP contribution in [0, 0.1) is 11.8 Å². The first kappa shape index (κ1) is 16.9. The smallest absolute Gasteiger partial charge is 0.224 e. The molecule has 7 heteroatoms. The van der Waals surface area contributed by atoms with Crippen LogP contribution in [-0.4, -0.2) is 50.4 Å². The van der Waals surface area contributed by atoms with Crippen LogP contribution in [0.4, 0.5) is 0 Å². The number of sulfone groups is 1. The van der Waals surface area contributed by atoms with Crippen LogP contribution in [-0.2, 0) is 21.2 Å². The number of likely N-dealkylation sites (tertiary alicyclic amines) is 1. The molecule has 1 atom stereocenters. The van der Waals surface area contributed by atoms with E-state index in [4.69, 9.17) is 0 Å². The van der Waals surface area contributed by atoms with Crippen LogP contribution in [0.3, 0.4) is 0 Å². The fourth-order valence-corrected chi connectivity index (χ4v) is 5.85. The molecule has 3 rings (SSSR count). The molecule has 2 fully saturated rings. The summed E-state index contributed by atoms with van der Waals surface area (Å²) in [5.41, 5.74) is 0. The van der Waals surface area contributed by atoms with Gasteiger partial charge in [-0.25, -0.2) is 8.42 Å². The molecular formula is C16H24N2O3S2. The molecule has 2 aliphatic rings. The first-order valence-electron chi connectivity index (χ1n) is 8.25. The van der Waals surface area contributed by atoms with Crippen LogP contribution >= 0.6 is 11.3 Å². The van der Waals surface area contributed by atoms with Crippen molar-refractivity contribution in [3.8, 4) is 0 Å². The number of nitrogens with one attached hydrogen (secondary N) is 1. The van der Waals surface area contributed by atoms with Crippen molar-refractivity contribution in [2.45, 2.75) is 25.8 Å². The third-order valence-corrected chi connectivity index (χ3v) is 7.46. The highest BCUT2D eigenvalue weighted by molar-refractivity contribution is 7.91. The van der Waals surface area contributed by atoms with Crippen molar-refractivity contribution in [2.24, 2.45) is 11.8 Å². The minimum atomic E-state index is -2.98.